The van der Waals surface area contributed by atoms with Crippen molar-refractivity contribution in [3.63, 3.8) is 0 Å². The first-order valence-electron chi connectivity index (χ1n) is 24.1. The Morgan fingerprint density at radius 2 is 1.06 bits per heavy atom. The van der Waals surface area contributed by atoms with Crippen LogP contribution in [0.3, 0.4) is 0 Å². The fourth-order valence-corrected chi connectivity index (χ4v) is 10.4. The summed E-state index contributed by atoms with van der Waals surface area (Å²) in [7, 11) is 0. The van der Waals surface area contributed by atoms with Crippen molar-refractivity contribution < 1.29 is 0 Å². The molecule has 0 spiro atoms. The Hall–Kier alpha value is -6.06. The average molecular weight is 854 g/mol. The van der Waals surface area contributed by atoms with Gasteiger partial charge in [-0.3, -0.25) is 0 Å². The lowest BCUT2D eigenvalue weighted by Crippen LogP contribution is -2.19. The van der Waals surface area contributed by atoms with Crippen molar-refractivity contribution in [1.29, 1.82) is 0 Å². The summed E-state index contributed by atoms with van der Waals surface area (Å²) >= 11 is 0. The molecule has 1 aliphatic carbocycles. The molecule has 0 saturated heterocycles. The molecule has 2 heterocycles. The average Bonchev–Trinajstić information content (AvgIpc) is 3.80. The van der Waals surface area contributed by atoms with Crippen molar-refractivity contribution >= 4 is 60.5 Å². The van der Waals surface area contributed by atoms with Gasteiger partial charge in [0.15, 0.2) is 0 Å². The van der Waals surface area contributed by atoms with Crippen LogP contribution in [0.25, 0.3) is 60.3 Å². The normalized spacial score (nSPS) is 13.9. The van der Waals surface area contributed by atoms with Crippen LogP contribution in [-0.2, 0) is 34.5 Å². The summed E-state index contributed by atoms with van der Waals surface area (Å²) in [5, 5.41) is 6.41. The third-order valence-electron chi connectivity index (χ3n) is 14.3. The summed E-state index contributed by atoms with van der Waals surface area (Å²) in [5.41, 5.74) is 19.1. The minimum atomic E-state index is -0.0604. The Labute approximate surface area is 387 Å². The van der Waals surface area contributed by atoms with Gasteiger partial charge in [-0.25, -0.2) is 0 Å². The van der Waals surface area contributed by atoms with Crippen molar-refractivity contribution in [2.75, 3.05) is 4.90 Å². The summed E-state index contributed by atoms with van der Waals surface area (Å²) in [6, 6.07) is 51.5. The number of anilines is 3. The van der Waals surface area contributed by atoms with Crippen LogP contribution in [-0.4, -0.2) is 9.55 Å². The quantitative estimate of drug-likeness (QED) is 0.183. The first-order chi connectivity index (χ1) is 30.7. The fraction of sp³-hybridized carbons (Fsp3) is 0.323. The number of hydrogen-bond donors (Lipinski definition) is 1. The SMILES string of the molecule is CC(C)(C)c1cc(N(c2cc(-c3cc(C(C)(C)C)cc4c3[nH]c3ccc(C(C)(C)C)cc34)c3ccccc3c2)c2ccc3c(c2)c2c(n3-c3ccccc3)CCCC2)cc(C(C)(C)C)c1. The molecule has 330 valence electrons. The highest BCUT2D eigenvalue weighted by Gasteiger charge is 2.28. The van der Waals surface area contributed by atoms with Gasteiger partial charge in [0, 0.05) is 55.7 Å². The van der Waals surface area contributed by atoms with Crippen LogP contribution in [0.4, 0.5) is 17.1 Å². The van der Waals surface area contributed by atoms with E-state index in [-0.39, 0.29) is 21.7 Å². The number of para-hydroxylation sites is 1. The van der Waals surface area contributed by atoms with Crippen molar-refractivity contribution in [2.45, 2.75) is 130 Å². The molecular formula is C62H67N3. The molecule has 65 heavy (non-hydrogen) atoms. The lowest BCUT2D eigenvalue weighted by atomic mass is 9.80. The van der Waals surface area contributed by atoms with Gasteiger partial charge in [0.1, 0.15) is 0 Å². The molecule has 0 unspecified atom stereocenters. The number of nitrogens with zero attached hydrogens (tertiary/aromatic N) is 2. The highest BCUT2D eigenvalue weighted by Crippen LogP contribution is 2.47. The summed E-state index contributed by atoms with van der Waals surface area (Å²) in [4.78, 5) is 6.55. The Morgan fingerprint density at radius 1 is 0.446 bits per heavy atom. The summed E-state index contributed by atoms with van der Waals surface area (Å²) < 4.78 is 2.54. The largest absolute Gasteiger partial charge is 0.354 e. The van der Waals surface area contributed by atoms with E-state index in [0.29, 0.717) is 0 Å². The zero-order chi connectivity index (χ0) is 45.8. The van der Waals surface area contributed by atoms with E-state index < -0.39 is 0 Å². The number of fused-ring (bicyclic) bond motifs is 7. The highest BCUT2D eigenvalue weighted by molar-refractivity contribution is 6.15. The lowest BCUT2D eigenvalue weighted by Gasteiger charge is -2.32. The zero-order valence-corrected chi connectivity index (χ0v) is 40.9. The van der Waals surface area contributed by atoms with Crippen LogP contribution in [0.2, 0.25) is 0 Å². The Kier molecular flexibility index (Phi) is 10.1. The van der Waals surface area contributed by atoms with Gasteiger partial charge in [-0.1, -0.05) is 138 Å². The van der Waals surface area contributed by atoms with Gasteiger partial charge in [-0.2, -0.15) is 0 Å². The van der Waals surface area contributed by atoms with E-state index in [1.165, 1.54) is 118 Å². The van der Waals surface area contributed by atoms with Gasteiger partial charge in [-0.15, -0.1) is 0 Å². The number of aromatic nitrogens is 2. The fourth-order valence-electron chi connectivity index (χ4n) is 10.4. The molecule has 9 aromatic rings. The van der Waals surface area contributed by atoms with Gasteiger partial charge in [-0.05, 0) is 170 Å². The topological polar surface area (TPSA) is 24.0 Å². The molecule has 0 aliphatic heterocycles. The Morgan fingerprint density at radius 3 is 1.75 bits per heavy atom. The number of nitrogens with one attached hydrogen (secondary N) is 1. The number of rotatable bonds is 5. The van der Waals surface area contributed by atoms with E-state index in [1.54, 1.807) is 0 Å². The lowest BCUT2D eigenvalue weighted by molar-refractivity contribution is 0.569. The van der Waals surface area contributed by atoms with E-state index in [0.717, 1.165) is 18.5 Å². The molecule has 0 saturated carbocycles. The highest BCUT2D eigenvalue weighted by atomic mass is 15.1. The molecule has 0 radical (unpaired) electrons. The third kappa shape index (κ3) is 7.65. The molecule has 1 aliphatic rings. The van der Waals surface area contributed by atoms with E-state index >= 15 is 0 Å². The maximum absolute atomic E-state index is 3.98. The van der Waals surface area contributed by atoms with Crippen LogP contribution in [0.1, 0.15) is 129 Å². The van der Waals surface area contributed by atoms with E-state index in [9.17, 15) is 0 Å². The summed E-state index contributed by atoms with van der Waals surface area (Å²) in [6.07, 6.45) is 4.65. The minimum absolute atomic E-state index is 0.0415. The Bertz CT molecular complexity index is 3260. The zero-order valence-electron chi connectivity index (χ0n) is 40.9. The molecule has 0 bridgehead atoms. The van der Waals surface area contributed by atoms with Gasteiger partial charge in [0.2, 0.25) is 0 Å². The van der Waals surface area contributed by atoms with Crippen molar-refractivity contribution in [3.8, 4) is 16.8 Å². The predicted octanol–water partition coefficient (Wildman–Crippen LogP) is 17.6. The first kappa shape index (κ1) is 42.9. The minimum Gasteiger partial charge on any atom is -0.354 e. The van der Waals surface area contributed by atoms with Crippen LogP contribution in [0.15, 0.2) is 133 Å². The molecule has 0 amide bonds. The van der Waals surface area contributed by atoms with Gasteiger partial charge < -0.3 is 14.5 Å². The molecule has 2 aromatic heterocycles. The molecule has 10 rings (SSSR count). The van der Waals surface area contributed by atoms with Gasteiger partial charge in [0.25, 0.3) is 0 Å². The van der Waals surface area contributed by atoms with E-state index in [1.807, 2.05) is 0 Å². The molecule has 7 aromatic carbocycles. The number of aromatic amines is 1. The molecule has 3 heteroatoms. The van der Waals surface area contributed by atoms with Crippen molar-refractivity contribution in [2.24, 2.45) is 0 Å². The maximum Gasteiger partial charge on any atom is 0.0544 e. The predicted molar refractivity (Wildman–Crippen MR) is 282 cm³/mol. The second-order valence-electron chi connectivity index (χ2n) is 23.2. The van der Waals surface area contributed by atoms with Crippen molar-refractivity contribution in [3.05, 3.63) is 167 Å². The molecule has 1 N–H and O–H groups in total. The first-order valence-corrected chi connectivity index (χ1v) is 24.1. The monoisotopic (exact) mass is 854 g/mol. The summed E-state index contributed by atoms with van der Waals surface area (Å²) in [6.45, 7) is 28.1. The third-order valence-corrected chi connectivity index (χ3v) is 14.3. The van der Waals surface area contributed by atoms with Crippen molar-refractivity contribution in [1.82, 2.24) is 9.55 Å². The molecule has 0 fully saturated rings. The maximum atomic E-state index is 3.98. The molecule has 0 atom stereocenters. The standard InChI is InChI=1S/C62H67N3/c1-59(2,3)40-26-28-55-51(34-40)54-36-43(62(10,11)12)35-53(58(54)63-55)50-38-46(30-39-20-16-17-23-48(39)50)64(47-32-41(60(4,5)6)31-42(33-47)61(7,8)9)45-27-29-57-52(37-45)49-24-18-19-25-56(49)65(57)44-21-14-13-15-22-44/h13-17,20-23,26-38,63H,18-19,24-25H2,1-12H3. The number of H-pyrrole nitrogens is 1. The van der Waals surface area contributed by atoms with Gasteiger partial charge >= 0.3 is 0 Å². The van der Waals surface area contributed by atoms with E-state index in [4.69, 9.17) is 0 Å². The smallest absolute Gasteiger partial charge is 0.0544 e. The Balaban J connectivity index is 1.29. The van der Waals surface area contributed by atoms with Crippen LogP contribution < -0.4 is 4.90 Å². The van der Waals surface area contributed by atoms with Crippen LogP contribution in [0, 0.1) is 0 Å². The van der Waals surface area contributed by atoms with E-state index in [2.05, 4.69) is 231 Å². The van der Waals surface area contributed by atoms with Crippen LogP contribution >= 0.6 is 0 Å². The number of hydrogen-bond acceptors (Lipinski definition) is 1. The summed E-state index contributed by atoms with van der Waals surface area (Å²) in [5.74, 6) is 0. The molecule has 3 nitrogen and oxygen atoms in total. The number of aryl methyl sites for hydroxylation is 1. The molecular weight excluding hydrogens is 787 g/mol. The second-order valence-corrected chi connectivity index (χ2v) is 23.2. The second kappa shape index (κ2) is 15.3. The van der Waals surface area contributed by atoms with Gasteiger partial charge in [0.05, 0.1) is 11.0 Å². The van der Waals surface area contributed by atoms with Crippen LogP contribution in [0.5, 0.6) is 0 Å². The number of benzene rings is 7.